The van der Waals surface area contributed by atoms with Gasteiger partial charge >= 0.3 is 23.9 Å². The molecule has 16 heteroatoms. The van der Waals surface area contributed by atoms with Crippen LogP contribution in [0.2, 0.25) is 0 Å². The number of benzene rings is 3. The van der Waals surface area contributed by atoms with E-state index in [1.54, 1.807) is 113 Å². The molecule has 1 heterocycles. The Balaban J connectivity index is 1.45. The predicted molar refractivity (Wildman–Crippen MR) is 242 cm³/mol. The van der Waals surface area contributed by atoms with Crippen molar-refractivity contribution in [1.29, 1.82) is 0 Å². The van der Waals surface area contributed by atoms with Crippen molar-refractivity contribution < 1.29 is 67.4 Å². The van der Waals surface area contributed by atoms with Gasteiger partial charge in [-0.1, -0.05) is 87.5 Å². The van der Waals surface area contributed by atoms with Crippen molar-refractivity contribution in [2.75, 3.05) is 25.4 Å². The van der Waals surface area contributed by atoms with Crippen LogP contribution in [-0.4, -0.2) is 113 Å². The van der Waals surface area contributed by atoms with Gasteiger partial charge in [-0.3, -0.25) is 19.2 Å². The van der Waals surface area contributed by atoms with Gasteiger partial charge in [-0.05, 0) is 61.1 Å². The lowest BCUT2D eigenvalue weighted by molar-refractivity contribution is -0.317. The average Bonchev–Trinajstić information content (AvgIpc) is 3.29. The van der Waals surface area contributed by atoms with Crippen molar-refractivity contribution in [3.05, 3.63) is 119 Å². The summed E-state index contributed by atoms with van der Waals surface area (Å²) in [6.07, 6.45) is -5.09. The summed E-state index contributed by atoms with van der Waals surface area (Å²) in [6, 6.07) is 23.4. The normalized spacial score (nSPS) is 28.0. The van der Waals surface area contributed by atoms with Crippen molar-refractivity contribution >= 4 is 47.3 Å². The molecule has 1 saturated heterocycles. The Morgan fingerprint density at radius 3 is 2.02 bits per heavy atom. The Morgan fingerprint density at radius 1 is 0.879 bits per heavy atom. The summed E-state index contributed by atoms with van der Waals surface area (Å²) in [7, 11) is 0. The highest BCUT2D eigenvalue weighted by Crippen LogP contribution is 2.58. The fourth-order valence-corrected chi connectivity index (χ4v) is 10.0. The third kappa shape index (κ3) is 9.70. The minimum atomic E-state index is -2.14. The number of Topliss-reactive ketones (excluding diaryl/α,β-unsaturated/α-hetero) is 1. The first kappa shape index (κ1) is 50.0. The van der Waals surface area contributed by atoms with Gasteiger partial charge < -0.3 is 44.0 Å². The Morgan fingerprint density at radius 2 is 1.47 bits per heavy atom. The van der Waals surface area contributed by atoms with Gasteiger partial charge in [0.05, 0.1) is 35.7 Å². The van der Waals surface area contributed by atoms with Gasteiger partial charge in [0.25, 0.3) is 5.91 Å². The number of hydrogen-bond acceptors (Lipinski definition) is 15. The highest BCUT2D eigenvalue weighted by atomic mass is 32.2. The predicted octanol–water partition coefficient (Wildman–Crippen LogP) is 5.72. The molecule has 15 nitrogen and oxygen atoms in total. The number of ketones is 1. The first-order chi connectivity index (χ1) is 31.2. The second-order valence-electron chi connectivity index (χ2n) is 18.0. The summed E-state index contributed by atoms with van der Waals surface area (Å²) >= 11 is 1.38. The van der Waals surface area contributed by atoms with Crippen LogP contribution in [-0.2, 0) is 47.6 Å². The molecule has 0 bridgehead atoms. The summed E-state index contributed by atoms with van der Waals surface area (Å²) in [6.45, 7) is 9.94. The quantitative estimate of drug-likeness (QED) is 0.0640. The van der Waals surface area contributed by atoms with Gasteiger partial charge in [-0.25, -0.2) is 9.59 Å². The molecule has 0 spiro atoms. The highest BCUT2D eigenvalue weighted by Gasteiger charge is 2.70. The van der Waals surface area contributed by atoms with Crippen molar-refractivity contribution in [1.82, 2.24) is 5.32 Å². The molecule has 354 valence electrons. The minimum absolute atomic E-state index is 0.00461. The number of carbonyl (C=O) groups is 6. The van der Waals surface area contributed by atoms with E-state index in [4.69, 9.17) is 28.4 Å². The van der Waals surface area contributed by atoms with Crippen LogP contribution in [0.25, 0.3) is 0 Å². The summed E-state index contributed by atoms with van der Waals surface area (Å²) in [5, 5.41) is 27.5. The van der Waals surface area contributed by atoms with Crippen LogP contribution >= 0.6 is 11.8 Å². The van der Waals surface area contributed by atoms with Crippen molar-refractivity contribution in [3.63, 3.8) is 0 Å². The highest BCUT2D eigenvalue weighted by molar-refractivity contribution is 7.98. The molecular weight excluding hydrogens is 871 g/mol. The van der Waals surface area contributed by atoms with E-state index in [9.17, 15) is 34.2 Å². The second-order valence-corrected chi connectivity index (χ2v) is 18.8. The number of esters is 4. The fraction of sp³-hybridized carbons (Fsp3) is 0.480. The maximum atomic E-state index is 15.8. The summed E-state index contributed by atoms with van der Waals surface area (Å²) in [5.41, 5.74) is -5.40. The van der Waals surface area contributed by atoms with Gasteiger partial charge in [0, 0.05) is 43.6 Å². The maximum Gasteiger partial charge on any atom is 0.338 e. The number of aliphatic hydroxyl groups is 2. The molecule has 10 atom stereocenters. The van der Waals surface area contributed by atoms with Crippen molar-refractivity contribution in [3.8, 4) is 0 Å². The molecule has 2 fully saturated rings. The Labute approximate surface area is 388 Å². The third-order valence-electron chi connectivity index (χ3n) is 13.8. The maximum absolute atomic E-state index is 15.8. The van der Waals surface area contributed by atoms with E-state index in [1.807, 2.05) is 6.26 Å². The zero-order valence-corrected chi connectivity index (χ0v) is 39.3. The van der Waals surface area contributed by atoms with E-state index in [1.165, 1.54) is 30.8 Å². The molecule has 3 aliphatic rings. The van der Waals surface area contributed by atoms with E-state index in [-0.39, 0.29) is 41.2 Å². The van der Waals surface area contributed by atoms with Gasteiger partial charge in [0.15, 0.2) is 23.6 Å². The Bertz CT molecular complexity index is 2310. The Kier molecular flexibility index (Phi) is 15.3. The van der Waals surface area contributed by atoms with E-state index in [2.05, 4.69) is 5.32 Å². The molecule has 6 rings (SSSR count). The van der Waals surface area contributed by atoms with Crippen LogP contribution in [0.1, 0.15) is 93.6 Å². The molecule has 3 aromatic rings. The number of ether oxygens (including phenoxy) is 6. The number of aliphatic hydroxyl groups excluding tert-OH is 1. The standard InChI is InChI=1S/C50H59NO14S/c1-29-36(64-46(58)41(54)40(33-18-12-9-13-19-33)51-44(56)34-20-14-10-15-21-34)25-49(59,26-61-45(57)35-22-16-11-17-23-35)47(5,6)39(29)42(63-31(3)52)43(55)48(7)30(2)50(65-32(4)53)27-60-38(50)24-37(48)62-28-66-8/h9-23,30,36-38,40-42,54,59H,24-28H2,1-8H3,(H,51,56)/t30-,36-,37-,38+,40-,41+,42+,48-,49+,50+/m0/s1. The number of hydrogen-bond donors (Lipinski definition) is 3. The van der Waals surface area contributed by atoms with E-state index in [0.29, 0.717) is 5.56 Å². The monoisotopic (exact) mass is 929 g/mol. The molecule has 1 aliphatic heterocycles. The summed E-state index contributed by atoms with van der Waals surface area (Å²) in [4.78, 5) is 82.9. The number of fused-ring (bicyclic) bond motifs is 1. The molecule has 1 saturated carbocycles. The number of nitrogens with one attached hydrogen (secondary N) is 1. The third-order valence-corrected chi connectivity index (χ3v) is 14.2. The summed E-state index contributed by atoms with van der Waals surface area (Å²) < 4.78 is 36.2. The molecule has 0 unspecified atom stereocenters. The molecule has 3 N–H and O–H groups in total. The first-order valence-electron chi connectivity index (χ1n) is 21.8. The lowest BCUT2D eigenvalue weighted by Crippen LogP contribution is -2.75. The molecule has 66 heavy (non-hydrogen) atoms. The molecule has 0 aromatic heterocycles. The van der Waals surface area contributed by atoms with Gasteiger partial charge in [-0.2, -0.15) is 0 Å². The molecule has 1 amide bonds. The SMILES string of the molecule is CSCO[C@H]1C[C@H]2OC[C@@]2(OC(C)=O)[C@@H](C)[C@]1(C)C(=O)[C@H](OC(C)=O)C1=C(C)[C@@H](OC(=O)[C@H](O)[C@@H](NC(=O)c2ccccc2)c2ccccc2)C[C@@](O)(COC(=O)c2ccccc2)C1(C)C. The van der Waals surface area contributed by atoms with Gasteiger partial charge in [-0.15, -0.1) is 11.8 Å². The lowest BCUT2D eigenvalue weighted by Gasteiger charge is -2.62. The zero-order valence-electron chi connectivity index (χ0n) is 38.4. The van der Waals surface area contributed by atoms with Gasteiger partial charge in [0.2, 0.25) is 0 Å². The first-order valence-corrected chi connectivity index (χ1v) is 23.2. The van der Waals surface area contributed by atoms with Crippen LogP contribution in [0.15, 0.2) is 102 Å². The van der Waals surface area contributed by atoms with E-state index >= 15 is 4.79 Å². The second kappa shape index (κ2) is 20.2. The Hall–Kier alpha value is -5.39. The van der Waals surface area contributed by atoms with Crippen LogP contribution < -0.4 is 5.32 Å². The van der Waals surface area contributed by atoms with Crippen molar-refractivity contribution in [2.45, 2.75) is 109 Å². The van der Waals surface area contributed by atoms with Crippen LogP contribution in [0.4, 0.5) is 0 Å². The number of carbonyl (C=O) groups excluding carboxylic acids is 6. The van der Waals surface area contributed by atoms with E-state index in [0.717, 1.165) is 6.92 Å². The lowest BCUT2D eigenvalue weighted by atomic mass is 9.52. The van der Waals surface area contributed by atoms with Crippen LogP contribution in [0, 0.1) is 16.7 Å². The largest absolute Gasteiger partial charge is 0.459 e. The minimum Gasteiger partial charge on any atom is -0.459 e. The van der Waals surface area contributed by atoms with Crippen molar-refractivity contribution in [2.24, 2.45) is 16.7 Å². The number of amides is 1. The molecular formula is C50H59NO14S. The average molecular weight is 930 g/mol. The number of thioether (sulfide) groups is 1. The van der Waals surface area contributed by atoms with Gasteiger partial charge in [0.1, 0.15) is 24.4 Å². The molecule has 0 radical (unpaired) electrons. The summed E-state index contributed by atoms with van der Waals surface area (Å²) in [5.74, 6) is -5.22. The number of rotatable bonds is 17. The smallest absolute Gasteiger partial charge is 0.338 e. The molecule has 3 aromatic carbocycles. The zero-order chi connectivity index (χ0) is 48.2. The fourth-order valence-electron chi connectivity index (χ4n) is 9.71. The van der Waals surface area contributed by atoms with Crippen LogP contribution in [0.5, 0.6) is 0 Å². The van der Waals surface area contributed by atoms with E-state index < -0.39 is 113 Å². The van der Waals surface area contributed by atoms with Crippen LogP contribution in [0.3, 0.4) is 0 Å². The topological polar surface area (TPSA) is 210 Å². The molecule has 2 aliphatic carbocycles.